The number of hydrogen-bond acceptors (Lipinski definition) is 1. The summed E-state index contributed by atoms with van der Waals surface area (Å²) in [6, 6.07) is 0. The van der Waals surface area contributed by atoms with Gasteiger partial charge in [-0.2, -0.15) is 0 Å². The van der Waals surface area contributed by atoms with Crippen LogP contribution in [0.15, 0.2) is 0 Å². The summed E-state index contributed by atoms with van der Waals surface area (Å²) < 4.78 is 0. The minimum Gasteiger partial charge on any atom is -0.325 e. The maximum atomic E-state index is 6.98. The second-order valence-corrected chi connectivity index (χ2v) is 15.7. The minimum absolute atomic E-state index is 0.0828. The molecule has 2 unspecified atom stereocenters. The zero-order chi connectivity index (χ0) is 28.5. The van der Waals surface area contributed by atoms with Crippen LogP contribution < -0.4 is 5.73 Å². The summed E-state index contributed by atoms with van der Waals surface area (Å²) >= 11 is 0. The predicted molar refractivity (Wildman–Crippen MR) is 176 cm³/mol. The first kappa shape index (κ1) is 35.2. The molecule has 39 heavy (non-hydrogen) atoms. The van der Waals surface area contributed by atoms with Crippen LogP contribution in [0.5, 0.6) is 0 Å². The van der Waals surface area contributed by atoms with Crippen LogP contribution in [-0.2, 0) is 0 Å². The Morgan fingerprint density at radius 3 is 1.51 bits per heavy atom. The van der Waals surface area contributed by atoms with Crippen LogP contribution >= 0.6 is 0 Å². The highest BCUT2D eigenvalue weighted by molar-refractivity contribution is 4.88. The van der Waals surface area contributed by atoms with E-state index in [1.807, 2.05) is 0 Å². The molecule has 0 aliphatic heterocycles. The third-order valence-electron chi connectivity index (χ3n) is 12.1. The highest BCUT2D eigenvalue weighted by atomic mass is 14.7. The van der Waals surface area contributed by atoms with Gasteiger partial charge in [0.1, 0.15) is 0 Å². The molecule has 0 amide bonds. The van der Waals surface area contributed by atoms with Crippen LogP contribution in [0.3, 0.4) is 0 Å². The molecule has 0 heterocycles. The number of nitrogens with two attached hydrogens (primary N) is 1. The van der Waals surface area contributed by atoms with Crippen LogP contribution in [0, 0.1) is 22.7 Å². The van der Waals surface area contributed by atoms with Gasteiger partial charge in [0.05, 0.1) is 0 Å². The Morgan fingerprint density at radius 1 is 0.564 bits per heavy atom. The van der Waals surface area contributed by atoms with Gasteiger partial charge in [0.15, 0.2) is 0 Å². The molecule has 0 radical (unpaired) electrons. The smallest absolute Gasteiger partial charge is 0.0151 e. The monoisotopic (exact) mass is 546 g/mol. The molecule has 0 aromatic carbocycles. The Morgan fingerprint density at radius 2 is 0.974 bits per heavy atom. The van der Waals surface area contributed by atoms with E-state index in [1.165, 1.54) is 173 Å². The summed E-state index contributed by atoms with van der Waals surface area (Å²) in [6.07, 6.45) is 39.9. The fourth-order valence-corrected chi connectivity index (χ4v) is 8.39. The Labute approximate surface area is 248 Å². The normalized spacial score (nSPS) is 32.5. The van der Waals surface area contributed by atoms with Crippen molar-refractivity contribution in [3.8, 4) is 0 Å². The molecule has 0 aromatic heterocycles. The molecule has 0 bridgehead atoms. The van der Waals surface area contributed by atoms with Gasteiger partial charge in [-0.05, 0) is 80.5 Å². The van der Waals surface area contributed by atoms with Crippen molar-refractivity contribution in [3.63, 3.8) is 0 Å². The third-order valence-corrected chi connectivity index (χ3v) is 12.1. The van der Waals surface area contributed by atoms with E-state index in [1.54, 1.807) is 0 Å². The molecule has 0 aromatic rings. The zero-order valence-corrected chi connectivity index (χ0v) is 28.0. The van der Waals surface area contributed by atoms with Crippen molar-refractivity contribution in [3.05, 3.63) is 0 Å². The van der Waals surface area contributed by atoms with Crippen LogP contribution in [0.2, 0.25) is 0 Å². The van der Waals surface area contributed by atoms with Crippen molar-refractivity contribution in [1.29, 1.82) is 0 Å². The van der Waals surface area contributed by atoms with Gasteiger partial charge in [0.2, 0.25) is 0 Å². The number of hydrogen-bond donors (Lipinski definition) is 1. The van der Waals surface area contributed by atoms with Gasteiger partial charge in [-0.3, -0.25) is 0 Å². The summed E-state index contributed by atoms with van der Waals surface area (Å²) in [6.45, 7) is 12.7. The summed E-state index contributed by atoms with van der Waals surface area (Å²) in [5.41, 5.74) is 8.17. The van der Waals surface area contributed by atoms with Crippen molar-refractivity contribution in [1.82, 2.24) is 0 Å². The first-order valence-corrected chi connectivity index (χ1v) is 18.5. The molecular weight excluding hydrogens is 470 g/mol. The molecule has 2 aliphatic carbocycles. The molecule has 0 spiro atoms. The van der Waals surface area contributed by atoms with Crippen LogP contribution in [0.1, 0.15) is 214 Å². The Hall–Kier alpha value is -0.0400. The molecule has 2 saturated carbocycles. The van der Waals surface area contributed by atoms with Gasteiger partial charge in [-0.15, -0.1) is 0 Å². The molecule has 2 fully saturated rings. The van der Waals surface area contributed by atoms with Gasteiger partial charge in [0, 0.05) is 5.54 Å². The SMILES string of the molecule is CCC1(N)CCCCC(C)(CCC2(C(C)C)CCCCCCCCCCC2)CCCCCCC[C@H](C)CCC1. The fraction of sp³-hybridized carbons (Fsp3) is 1.00. The van der Waals surface area contributed by atoms with E-state index in [2.05, 4.69) is 34.6 Å². The quantitative estimate of drug-likeness (QED) is 0.365. The van der Waals surface area contributed by atoms with E-state index in [-0.39, 0.29) is 5.54 Å². The van der Waals surface area contributed by atoms with Crippen molar-refractivity contribution < 1.29 is 0 Å². The summed E-state index contributed by atoms with van der Waals surface area (Å²) in [7, 11) is 0. The Bertz CT molecular complexity index is 584. The van der Waals surface area contributed by atoms with E-state index in [0.29, 0.717) is 10.8 Å². The minimum atomic E-state index is 0.0828. The standard InChI is InChI=1S/C38H75N/c1-6-38(39)30-22-21-27-36(5,26-18-14-12-13-17-24-35(4)25-23-31-38)32-33-37(34(2)3)28-19-15-10-8-7-9-11-16-20-29-37/h34-35H,6-33,39H2,1-5H3/t35-,36?,38?/m0/s1. The van der Waals surface area contributed by atoms with Gasteiger partial charge in [0.25, 0.3) is 0 Å². The molecule has 2 aliphatic rings. The lowest BCUT2D eigenvalue weighted by molar-refractivity contribution is 0.0912. The van der Waals surface area contributed by atoms with E-state index in [9.17, 15) is 0 Å². The molecule has 1 nitrogen and oxygen atoms in total. The highest BCUT2D eigenvalue weighted by Crippen LogP contribution is 2.48. The topological polar surface area (TPSA) is 26.0 Å². The van der Waals surface area contributed by atoms with Crippen LogP contribution in [0.25, 0.3) is 0 Å². The van der Waals surface area contributed by atoms with E-state index in [4.69, 9.17) is 5.73 Å². The lowest BCUT2D eigenvalue weighted by atomic mass is 9.63. The van der Waals surface area contributed by atoms with Crippen LogP contribution in [0.4, 0.5) is 0 Å². The van der Waals surface area contributed by atoms with E-state index in [0.717, 1.165) is 18.3 Å². The maximum absolute atomic E-state index is 6.98. The fourth-order valence-electron chi connectivity index (χ4n) is 8.39. The Balaban J connectivity index is 2.06. The molecule has 1 heteroatoms. The predicted octanol–water partition coefficient (Wildman–Crippen LogP) is 12.9. The first-order valence-electron chi connectivity index (χ1n) is 18.5. The molecule has 2 N–H and O–H groups in total. The highest BCUT2D eigenvalue weighted by Gasteiger charge is 2.36. The molecule has 3 atom stereocenters. The van der Waals surface area contributed by atoms with Gasteiger partial charge in [-0.1, -0.05) is 157 Å². The Kier molecular flexibility index (Phi) is 17.3. The first-order chi connectivity index (χ1) is 18.7. The second-order valence-electron chi connectivity index (χ2n) is 15.7. The van der Waals surface area contributed by atoms with Gasteiger partial charge < -0.3 is 5.73 Å². The molecule has 2 rings (SSSR count). The lowest BCUT2D eigenvalue weighted by Gasteiger charge is -2.42. The average Bonchev–Trinajstić information content (AvgIpc) is 2.90. The van der Waals surface area contributed by atoms with Crippen molar-refractivity contribution in [2.24, 2.45) is 28.4 Å². The van der Waals surface area contributed by atoms with E-state index < -0.39 is 0 Å². The van der Waals surface area contributed by atoms with Crippen molar-refractivity contribution in [2.75, 3.05) is 0 Å². The zero-order valence-electron chi connectivity index (χ0n) is 28.0. The summed E-state index contributed by atoms with van der Waals surface area (Å²) in [4.78, 5) is 0. The van der Waals surface area contributed by atoms with Crippen molar-refractivity contribution in [2.45, 2.75) is 220 Å². The molecule has 232 valence electrons. The maximum Gasteiger partial charge on any atom is 0.0151 e. The lowest BCUT2D eigenvalue weighted by Crippen LogP contribution is -2.39. The largest absolute Gasteiger partial charge is 0.325 e. The second kappa shape index (κ2) is 19.2. The summed E-state index contributed by atoms with van der Waals surface area (Å²) in [5, 5.41) is 0. The molecular formula is C38H75N. The molecule has 0 saturated heterocycles. The number of rotatable bonds is 5. The average molecular weight is 546 g/mol. The third kappa shape index (κ3) is 14.1. The summed E-state index contributed by atoms with van der Waals surface area (Å²) in [5.74, 6) is 1.71. The van der Waals surface area contributed by atoms with Crippen molar-refractivity contribution >= 4 is 0 Å². The van der Waals surface area contributed by atoms with Gasteiger partial charge in [-0.25, -0.2) is 0 Å². The van der Waals surface area contributed by atoms with Gasteiger partial charge >= 0.3 is 0 Å². The van der Waals surface area contributed by atoms with Crippen LogP contribution in [-0.4, -0.2) is 5.54 Å². The van der Waals surface area contributed by atoms with E-state index >= 15 is 0 Å².